The summed E-state index contributed by atoms with van der Waals surface area (Å²) in [5.41, 5.74) is 1.60. The van der Waals surface area contributed by atoms with Crippen LogP contribution < -0.4 is 5.32 Å². The number of hydrogen-bond donors (Lipinski definition) is 1. The lowest BCUT2D eigenvalue weighted by atomic mass is 10.1. The van der Waals surface area contributed by atoms with Crippen LogP contribution in [0.15, 0.2) is 64.8 Å². The van der Waals surface area contributed by atoms with Crippen LogP contribution in [0.5, 0.6) is 0 Å². The fourth-order valence-corrected chi connectivity index (χ4v) is 2.80. The van der Waals surface area contributed by atoms with Crippen molar-refractivity contribution in [1.82, 2.24) is 10.2 Å². The Balaban J connectivity index is 2.35. The predicted molar refractivity (Wildman–Crippen MR) is 104 cm³/mol. The van der Waals surface area contributed by atoms with Crippen LogP contribution in [-0.2, 0) is 4.79 Å². The van der Waals surface area contributed by atoms with Crippen LogP contribution in [0.3, 0.4) is 0 Å². The van der Waals surface area contributed by atoms with Gasteiger partial charge in [-0.25, -0.2) is 0 Å². The molecule has 0 aliphatic rings. The van der Waals surface area contributed by atoms with Gasteiger partial charge in [-0.1, -0.05) is 46.3 Å². The molecule has 2 amide bonds. The number of nitrogens with one attached hydrogen (secondary N) is 1. The van der Waals surface area contributed by atoms with Crippen molar-refractivity contribution < 1.29 is 9.59 Å². The summed E-state index contributed by atoms with van der Waals surface area (Å²) in [6.07, 6.45) is 1.70. The maximum atomic E-state index is 12.8. The minimum atomic E-state index is -0.303. The zero-order chi connectivity index (χ0) is 18.2. The van der Waals surface area contributed by atoms with E-state index in [1.165, 1.54) is 0 Å². The van der Waals surface area contributed by atoms with Crippen molar-refractivity contribution in [3.8, 4) is 0 Å². The molecule has 130 valence electrons. The van der Waals surface area contributed by atoms with E-state index >= 15 is 0 Å². The summed E-state index contributed by atoms with van der Waals surface area (Å²) in [5, 5.41) is 2.77. The molecule has 0 heterocycles. The Morgan fingerprint density at radius 2 is 1.72 bits per heavy atom. The highest BCUT2D eigenvalue weighted by atomic mass is 79.9. The minimum absolute atomic E-state index is 0.200. The Morgan fingerprint density at radius 1 is 1.04 bits per heavy atom. The molecule has 0 spiro atoms. The molecule has 0 atom stereocenters. The van der Waals surface area contributed by atoms with E-state index < -0.39 is 0 Å². The topological polar surface area (TPSA) is 49.4 Å². The van der Waals surface area contributed by atoms with E-state index in [2.05, 4.69) is 21.2 Å². The highest BCUT2D eigenvalue weighted by molar-refractivity contribution is 9.10. The van der Waals surface area contributed by atoms with Gasteiger partial charge < -0.3 is 10.2 Å². The number of nitrogens with zero attached hydrogens (tertiary/aromatic N) is 1. The second-order valence-corrected chi connectivity index (χ2v) is 6.33. The van der Waals surface area contributed by atoms with Crippen LogP contribution in [0.25, 0.3) is 6.08 Å². The number of likely N-dealkylation sites (N-methyl/N-ethyl adjacent to an activating group) is 1. The molecule has 2 aromatic rings. The second kappa shape index (κ2) is 9.18. The molecule has 0 aromatic heterocycles. The van der Waals surface area contributed by atoms with E-state index in [4.69, 9.17) is 0 Å². The van der Waals surface area contributed by atoms with Gasteiger partial charge in [0.05, 0.1) is 0 Å². The zero-order valence-electron chi connectivity index (χ0n) is 14.3. The second-order valence-electron chi connectivity index (χ2n) is 5.41. The number of rotatable bonds is 6. The van der Waals surface area contributed by atoms with Crippen molar-refractivity contribution in [3.05, 3.63) is 75.9 Å². The smallest absolute Gasteiger partial charge is 0.270 e. The standard InChI is InChI=1S/C20H21BrN2O2/c1-3-23(4-2)20(25)18(14-15-9-8-12-17(21)13-15)22-19(24)16-10-6-5-7-11-16/h5-14H,3-4H2,1-2H3,(H,22,24)/b18-14-. The molecule has 0 saturated carbocycles. The van der Waals surface area contributed by atoms with Gasteiger partial charge >= 0.3 is 0 Å². The molecule has 0 aliphatic carbocycles. The summed E-state index contributed by atoms with van der Waals surface area (Å²) >= 11 is 3.42. The SMILES string of the molecule is CCN(CC)C(=O)/C(=C/c1cccc(Br)c1)NC(=O)c1ccccc1. The number of carbonyl (C=O) groups excluding carboxylic acids is 2. The van der Waals surface area contributed by atoms with Crippen LogP contribution in [-0.4, -0.2) is 29.8 Å². The Labute approximate surface area is 156 Å². The largest absolute Gasteiger partial charge is 0.338 e. The molecule has 0 aliphatic heterocycles. The molecule has 1 N–H and O–H groups in total. The first-order valence-corrected chi connectivity index (χ1v) is 8.97. The third-order valence-corrected chi connectivity index (χ3v) is 4.22. The van der Waals surface area contributed by atoms with Crippen molar-refractivity contribution in [2.45, 2.75) is 13.8 Å². The van der Waals surface area contributed by atoms with Crippen molar-refractivity contribution in [2.24, 2.45) is 0 Å². The fraction of sp³-hybridized carbons (Fsp3) is 0.200. The Kier molecular flexibility index (Phi) is 6.95. The molecular weight excluding hydrogens is 380 g/mol. The van der Waals surface area contributed by atoms with Gasteiger partial charge in [0.25, 0.3) is 11.8 Å². The maximum absolute atomic E-state index is 12.8. The molecular formula is C20H21BrN2O2. The quantitative estimate of drug-likeness (QED) is 0.742. The first-order chi connectivity index (χ1) is 12.0. The van der Waals surface area contributed by atoms with Gasteiger partial charge in [-0.05, 0) is 49.8 Å². The molecule has 0 radical (unpaired) electrons. The molecule has 2 aromatic carbocycles. The summed E-state index contributed by atoms with van der Waals surface area (Å²) in [4.78, 5) is 27.0. The van der Waals surface area contributed by atoms with Crippen molar-refractivity contribution in [2.75, 3.05) is 13.1 Å². The van der Waals surface area contributed by atoms with Gasteiger partial charge in [0, 0.05) is 23.1 Å². The lowest BCUT2D eigenvalue weighted by molar-refractivity contribution is -0.127. The summed E-state index contributed by atoms with van der Waals surface area (Å²) in [7, 11) is 0. The number of carbonyl (C=O) groups is 2. The van der Waals surface area contributed by atoms with Crippen LogP contribution in [0.1, 0.15) is 29.8 Å². The molecule has 5 heteroatoms. The van der Waals surface area contributed by atoms with Crippen LogP contribution in [0.4, 0.5) is 0 Å². The van der Waals surface area contributed by atoms with Crippen molar-refractivity contribution >= 4 is 33.8 Å². The van der Waals surface area contributed by atoms with Gasteiger partial charge in [0.2, 0.25) is 0 Å². The molecule has 25 heavy (non-hydrogen) atoms. The third kappa shape index (κ3) is 5.29. The van der Waals surface area contributed by atoms with E-state index in [1.54, 1.807) is 35.2 Å². The van der Waals surface area contributed by atoms with E-state index in [0.717, 1.165) is 10.0 Å². The first-order valence-electron chi connectivity index (χ1n) is 8.18. The molecule has 0 unspecified atom stereocenters. The summed E-state index contributed by atoms with van der Waals surface area (Å²) in [5.74, 6) is -0.503. The molecule has 0 fully saturated rings. The van der Waals surface area contributed by atoms with Gasteiger partial charge in [-0.15, -0.1) is 0 Å². The van der Waals surface area contributed by atoms with Crippen molar-refractivity contribution in [1.29, 1.82) is 0 Å². The average molecular weight is 401 g/mol. The van der Waals surface area contributed by atoms with Gasteiger partial charge in [-0.2, -0.15) is 0 Å². The molecule has 4 nitrogen and oxygen atoms in total. The lowest BCUT2D eigenvalue weighted by Crippen LogP contribution is -2.38. The minimum Gasteiger partial charge on any atom is -0.338 e. The number of amides is 2. The van der Waals surface area contributed by atoms with Crippen LogP contribution in [0.2, 0.25) is 0 Å². The summed E-state index contributed by atoms with van der Waals surface area (Å²) < 4.78 is 0.908. The molecule has 0 bridgehead atoms. The van der Waals surface area contributed by atoms with Gasteiger partial charge in [-0.3, -0.25) is 9.59 Å². The van der Waals surface area contributed by atoms with Crippen molar-refractivity contribution in [3.63, 3.8) is 0 Å². The number of hydrogen-bond acceptors (Lipinski definition) is 2. The number of halogens is 1. The first kappa shape index (κ1) is 18.9. The lowest BCUT2D eigenvalue weighted by Gasteiger charge is -2.21. The predicted octanol–water partition coefficient (Wildman–Crippen LogP) is 4.09. The Hall–Kier alpha value is -2.40. The highest BCUT2D eigenvalue weighted by Gasteiger charge is 2.18. The normalized spacial score (nSPS) is 11.1. The Morgan fingerprint density at radius 3 is 2.32 bits per heavy atom. The monoisotopic (exact) mass is 400 g/mol. The Bertz CT molecular complexity index is 768. The highest BCUT2D eigenvalue weighted by Crippen LogP contribution is 2.15. The number of benzene rings is 2. The van der Waals surface area contributed by atoms with E-state index in [0.29, 0.717) is 18.7 Å². The zero-order valence-corrected chi connectivity index (χ0v) is 15.9. The van der Waals surface area contributed by atoms with E-state index in [9.17, 15) is 9.59 Å². The summed E-state index contributed by atoms with van der Waals surface area (Å²) in [6, 6.07) is 16.4. The fourth-order valence-electron chi connectivity index (χ4n) is 2.38. The summed E-state index contributed by atoms with van der Waals surface area (Å²) in [6.45, 7) is 4.98. The third-order valence-electron chi connectivity index (χ3n) is 3.72. The van der Waals surface area contributed by atoms with Crippen LogP contribution >= 0.6 is 15.9 Å². The van der Waals surface area contributed by atoms with Gasteiger partial charge in [0.1, 0.15) is 5.70 Å². The van der Waals surface area contributed by atoms with E-state index in [1.807, 2.05) is 44.2 Å². The van der Waals surface area contributed by atoms with E-state index in [-0.39, 0.29) is 17.5 Å². The average Bonchev–Trinajstić information content (AvgIpc) is 2.63. The van der Waals surface area contributed by atoms with Crippen LogP contribution in [0, 0.1) is 0 Å². The maximum Gasteiger partial charge on any atom is 0.270 e. The molecule has 0 saturated heterocycles. The van der Waals surface area contributed by atoms with Gasteiger partial charge in [0.15, 0.2) is 0 Å². The molecule has 2 rings (SSSR count).